The Morgan fingerprint density at radius 3 is 2.58 bits per heavy atom. The van der Waals surface area contributed by atoms with Crippen LogP contribution in [0.15, 0.2) is 87.6 Å². The van der Waals surface area contributed by atoms with Crippen LogP contribution < -0.4 is 4.90 Å². The summed E-state index contributed by atoms with van der Waals surface area (Å²) in [5.41, 5.74) is 4.16. The molecule has 5 nitrogen and oxygen atoms in total. The molecule has 36 heavy (non-hydrogen) atoms. The van der Waals surface area contributed by atoms with Crippen molar-refractivity contribution in [3.8, 4) is 6.07 Å². The zero-order valence-electron chi connectivity index (χ0n) is 19.4. The average Bonchev–Trinajstić information content (AvgIpc) is 3.30. The van der Waals surface area contributed by atoms with Crippen molar-refractivity contribution in [3.63, 3.8) is 0 Å². The first kappa shape index (κ1) is 22.7. The molecule has 3 heterocycles. The van der Waals surface area contributed by atoms with E-state index in [1.54, 1.807) is 23.9 Å². The van der Waals surface area contributed by atoms with Gasteiger partial charge in [-0.15, -0.1) is 0 Å². The fourth-order valence-electron chi connectivity index (χ4n) is 5.04. The SMILES string of the molecule is N#CC1(c2cccc(Sc3ccc4c(c3)N3CC(=O)N=C3C=C4c3ccc(F)cc3)c2)CCOCC1. The summed E-state index contributed by atoms with van der Waals surface area (Å²) in [4.78, 5) is 20.4. The van der Waals surface area contributed by atoms with Gasteiger partial charge in [0.15, 0.2) is 0 Å². The van der Waals surface area contributed by atoms with E-state index in [0.29, 0.717) is 31.9 Å². The number of amidine groups is 1. The fraction of sp³-hybridized carbons (Fsp3) is 0.207. The highest BCUT2D eigenvalue weighted by atomic mass is 32.2. The van der Waals surface area contributed by atoms with Gasteiger partial charge in [0, 0.05) is 28.6 Å². The Morgan fingerprint density at radius 1 is 1.03 bits per heavy atom. The normalized spacial score (nSPS) is 18.1. The van der Waals surface area contributed by atoms with Crippen molar-refractivity contribution in [1.29, 1.82) is 5.26 Å². The smallest absolute Gasteiger partial charge is 0.267 e. The molecule has 0 atom stereocenters. The Bertz CT molecular complexity index is 1470. The van der Waals surface area contributed by atoms with Gasteiger partial charge in [-0.1, -0.05) is 42.1 Å². The summed E-state index contributed by atoms with van der Waals surface area (Å²) in [7, 11) is 0. The molecule has 0 aromatic heterocycles. The number of carbonyl (C=O) groups excluding carboxylic acids is 1. The van der Waals surface area contributed by atoms with E-state index in [1.165, 1.54) is 12.1 Å². The zero-order chi connectivity index (χ0) is 24.7. The molecule has 0 spiro atoms. The summed E-state index contributed by atoms with van der Waals surface area (Å²) in [6.07, 6.45) is 3.28. The molecule has 3 aromatic carbocycles. The summed E-state index contributed by atoms with van der Waals surface area (Å²) in [6.45, 7) is 1.39. The zero-order valence-corrected chi connectivity index (χ0v) is 20.2. The lowest BCUT2D eigenvalue weighted by Crippen LogP contribution is -2.32. The van der Waals surface area contributed by atoms with Crippen LogP contribution in [-0.4, -0.2) is 31.5 Å². The molecule has 0 radical (unpaired) electrons. The molecular formula is C29H22FN3O2S. The minimum absolute atomic E-state index is 0.184. The molecular weight excluding hydrogens is 473 g/mol. The van der Waals surface area contributed by atoms with Crippen molar-refractivity contribution in [2.45, 2.75) is 28.0 Å². The van der Waals surface area contributed by atoms with Crippen LogP contribution in [0, 0.1) is 17.1 Å². The van der Waals surface area contributed by atoms with E-state index in [-0.39, 0.29) is 18.3 Å². The van der Waals surface area contributed by atoms with Crippen LogP contribution in [0.2, 0.25) is 0 Å². The van der Waals surface area contributed by atoms with Crippen molar-refractivity contribution < 1.29 is 13.9 Å². The first-order valence-electron chi connectivity index (χ1n) is 11.8. The Balaban J connectivity index is 1.35. The molecule has 1 saturated heterocycles. The van der Waals surface area contributed by atoms with Gasteiger partial charge < -0.3 is 9.64 Å². The second-order valence-corrected chi connectivity index (χ2v) is 10.3. The quantitative estimate of drug-likeness (QED) is 0.462. The van der Waals surface area contributed by atoms with Gasteiger partial charge in [-0.2, -0.15) is 10.3 Å². The van der Waals surface area contributed by atoms with Gasteiger partial charge in [-0.25, -0.2) is 4.39 Å². The van der Waals surface area contributed by atoms with Gasteiger partial charge in [-0.3, -0.25) is 4.79 Å². The van der Waals surface area contributed by atoms with Gasteiger partial charge in [0.1, 0.15) is 18.2 Å². The molecule has 0 N–H and O–H groups in total. The largest absolute Gasteiger partial charge is 0.381 e. The van der Waals surface area contributed by atoms with E-state index in [1.807, 2.05) is 35.2 Å². The molecule has 0 aliphatic carbocycles. The van der Waals surface area contributed by atoms with Crippen LogP contribution in [-0.2, 0) is 14.9 Å². The molecule has 1 amide bonds. The molecule has 3 aliphatic rings. The second kappa shape index (κ2) is 9.05. The number of amides is 1. The van der Waals surface area contributed by atoms with Crippen molar-refractivity contribution in [2.24, 2.45) is 4.99 Å². The van der Waals surface area contributed by atoms with Crippen molar-refractivity contribution in [2.75, 3.05) is 24.7 Å². The molecule has 3 aliphatic heterocycles. The van der Waals surface area contributed by atoms with E-state index in [2.05, 4.69) is 29.3 Å². The van der Waals surface area contributed by atoms with Crippen LogP contribution in [0.4, 0.5) is 10.1 Å². The van der Waals surface area contributed by atoms with Gasteiger partial charge >= 0.3 is 0 Å². The minimum atomic E-state index is -0.513. The lowest BCUT2D eigenvalue weighted by Gasteiger charge is -2.31. The molecule has 6 rings (SSSR count). The van der Waals surface area contributed by atoms with Crippen LogP contribution in [0.5, 0.6) is 0 Å². The molecule has 1 fully saturated rings. The number of fused-ring (bicyclic) bond motifs is 3. The second-order valence-electron chi connectivity index (χ2n) is 9.13. The summed E-state index contributed by atoms with van der Waals surface area (Å²) in [6, 6.07) is 23.3. The lowest BCUT2D eigenvalue weighted by atomic mass is 9.75. The minimum Gasteiger partial charge on any atom is -0.381 e. The monoisotopic (exact) mass is 495 g/mol. The number of ether oxygens (including phenoxy) is 1. The number of nitrogens with zero attached hydrogens (tertiary/aromatic N) is 3. The molecule has 0 saturated carbocycles. The first-order valence-corrected chi connectivity index (χ1v) is 12.6. The maximum atomic E-state index is 13.5. The number of aliphatic imine (C=N–C) groups is 1. The number of anilines is 1. The fourth-order valence-corrected chi connectivity index (χ4v) is 5.95. The van der Waals surface area contributed by atoms with E-state index >= 15 is 0 Å². The third-order valence-electron chi connectivity index (χ3n) is 6.97. The predicted octanol–water partition coefficient (Wildman–Crippen LogP) is 5.74. The number of rotatable bonds is 4. The average molecular weight is 496 g/mol. The molecule has 3 aromatic rings. The lowest BCUT2D eigenvalue weighted by molar-refractivity contribution is -0.115. The molecule has 7 heteroatoms. The van der Waals surface area contributed by atoms with E-state index < -0.39 is 5.41 Å². The Hall–Kier alpha value is -3.73. The van der Waals surface area contributed by atoms with Gasteiger partial charge in [-0.05, 0) is 72.0 Å². The van der Waals surface area contributed by atoms with Crippen LogP contribution in [0.1, 0.15) is 29.5 Å². The maximum absolute atomic E-state index is 13.5. The number of carbonyl (C=O) groups is 1. The summed E-state index contributed by atoms with van der Waals surface area (Å²) in [5.74, 6) is 0.126. The number of hydrogen-bond donors (Lipinski definition) is 0. The van der Waals surface area contributed by atoms with Gasteiger partial charge in [0.25, 0.3) is 5.91 Å². The van der Waals surface area contributed by atoms with Crippen LogP contribution in [0.25, 0.3) is 5.57 Å². The number of hydrogen-bond acceptors (Lipinski definition) is 5. The summed E-state index contributed by atoms with van der Waals surface area (Å²) in [5, 5.41) is 9.97. The number of nitriles is 1. The van der Waals surface area contributed by atoms with E-state index in [9.17, 15) is 14.4 Å². The van der Waals surface area contributed by atoms with Crippen molar-refractivity contribution in [3.05, 3.63) is 95.3 Å². The van der Waals surface area contributed by atoms with Gasteiger partial charge in [0.05, 0.1) is 17.2 Å². The van der Waals surface area contributed by atoms with Crippen LogP contribution >= 0.6 is 11.8 Å². The Kier molecular flexibility index (Phi) is 5.71. The number of benzene rings is 3. The van der Waals surface area contributed by atoms with E-state index in [0.717, 1.165) is 37.7 Å². The molecule has 178 valence electrons. The molecule has 0 bridgehead atoms. The highest BCUT2D eigenvalue weighted by Crippen LogP contribution is 2.42. The number of halogens is 1. The highest BCUT2D eigenvalue weighted by molar-refractivity contribution is 7.99. The van der Waals surface area contributed by atoms with Crippen LogP contribution in [0.3, 0.4) is 0 Å². The standard InChI is InChI=1S/C29H22FN3O2S/c30-21-6-4-19(5-7-21)25-16-27-32-28(34)17-33(27)26-15-23(8-9-24(25)26)36-22-3-1-2-20(14-22)29(18-31)10-12-35-13-11-29/h1-9,14-16H,10-13,17H2. The third-order valence-corrected chi connectivity index (χ3v) is 7.95. The third kappa shape index (κ3) is 4.02. The van der Waals surface area contributed by atoms with Gasteiger partial charge in [0.2, 0.25) is 0 Å². The first-order chi connectivity index (χ1) is 17.5. The predicted molar refractivity (Wildman–Crippen MR) is 138 cm³/mol. The Labute approximate surface area is 212 Å². The maximum Gasteiger partial charge on any atom is 0.267 e. The summed E-state index contributed by atoms with van der Waals surface area (Å²) >= 11 is 1.62. The topological polar surface area (TPSA) is 65.7 Å². The van der Waals surface area contributed by atoms with Crippen molar-refractivity contribution >= 4 is 34.8 Å². The highest BCUT2D eigenvalue weighted by Gasteiger charge is 2.35. The van der Waals surface area contributed by atoms with Crippen molar-refractivity contribution in [1.82, 2.24) is 0 Å². The summed E-state index contributed by atoms with van der Waals surface area (Å²) < 4.78 is 19.0. The Morgan fingerprint density at radius 2 is 1.81 bits per heavy atom. The van der Waals surface area contributed by atoms with E-state index in [4.69, 9.17) is 4.74 Å². The molecule has 0 unspecified atom stereocenters.